The highest BCUT2D eigenvalue weighted by Crippen LogP contribution is 2.13. The molecule has 0 aliphatic carbocycles. The Morgan fingerprint density at radius 3 is 2.69 bits per heavy atom. The molecule has 2 N–H and O–H groups in total. The summed E-state index contributed by atoms with van der Waals surface area (Å²) in [5.74, 6) is 0. The fourth-order valence-electron chi connectivity index (χ4n) is 1.81. The van der Waals surface area contributed by atoms with Crippen LogP contribution < -0.4 is 5.32 Å². The van der Waals surface area contributed by atoms with Crippen molar-refractivity contribution >= 4 is 0 Å². The van der Waals surface area contributed by atoms with E-state index < -0.39 is 0 Å². The number of rotatable bonds is 6. The van der Waals surface area contributed by atoms with Gasteiger partial charge in [-0.3, -0.25) is 4.68 Å². The van der Waals surface area contributed by atoms with Gasteiger partial charge >= 0.3 is 0 Å². The highest BCUT2D eigenvalue weighted by atomic mass is 16.3. The molecular formula is C12H23N3O. The third-order valence-corrected chi connectivity index (χ3v) is 2.70. The summed E-state index contributed by atoms with van der Waals surface area (Å²) in [4.78, 5) is 0. The van der Waals surface area contributed by atoms with E-state index in [1.54, 1.807) is 6.92 Å². The summed E-state index contributed by atoms with van der Waals surface area (Å²) >= 11 is 0. The van der Waals surface area contributed by atoms with Crippen molar-refractivity contribution in [3.63, 3.8) is 0 Å². The number of aliphatic hydroxyl groups is 1. The van der Waals surface area contributed by atoms with Crippen LogP contribution in [0.2, 0.25) is 0 Å². The van der Waals surface area contributed by atoms with Gasteiger partial charge in [0.05, 0.1) is 18.3 Å². The van der Waals surface area contributed by atoms with E-state index in [0.29, 0.717) is 6.54 Å². The Hall–Kier alpha value is -0.870. The molecule has 16 heavy (non-hydrogen) atoms. The molecule has 0 radical (unpaired) electrons. The monoisotopic (exact) mass is 225 g/mol. The number of aryl methyl sites for hydroxylation is 1. The summed E-state index contributed by atoms with van der Waals surface area (Å²) in [6.45, 7) is 10.5. The molecule has 4 nitrogen and oxygen atoms in total. The zero-order valence-corrected chi connectivity index (χ0v) is 10.7. The molecule has 4 heteroatoms. The van der Waals surface area contributed by atoms with Crippen LogP contribution in [0, 0.1) is 13.8 Å². The Morgan fingerprint density at radius 2 is 2.12 bits per heavy atom. The number of nitrogens with one attached hydrogen (secondary N) is 1. The highest BCUT2D eigenvalue weighted by Gasteiger charge is 2.11. The molecule has 0 bridgehead atoms. The molecule has 0 saturated carbocycles. The molecule has 1 atom stereocenters. The van der Waals surface area contributed by atoms with Gasteiger partial charge < -0.3 is 10.4 Å². The van der Waals surface area contributed by atoms with Gasteiger partial charge in [-0.15, -0.1) is 0 Å². The summed E-state index contributed by atoms with van der Waals surface area (Å²) in [7, 11) is 0. The third-order valence-electron chi connectivity index (χ3n) is 2.70. The van der Waals surface area contributed by atoms with Crippen LogP contribution >= 0.6 is 0 Å². The molecule has 1 heterocycles. The van der Waals surface area contributed by atoms with Crippen molar-refractivity contribution in [2.45, 2.75) is 53.3 Å². The number of aliphatic hydroxyl groups excluding tert-OH is 1. The number of hydrogen-bond donors (Lipinski definition) is 2. The first-order chi connectivity index (χ1) is 7.56. The minimum absolute atomic E-state index is 0.352. The Kier molecular flexibility index (Phi) is 4.96. The maximum Gasteiger partial charge on any atom is 0.0708 e. The summed E-state index contributed by atoms with van der Waals surface area (Å²) in [6.07, 6.45) is 0.786. The van der Waals surface area contributed by atoms with E-state index in [1.165, 1.54) is 5.56 Å². The number of hydrogen-bond acceptors (Lipinski definition) is 3. The first-order valence-corrected chi connectivity index (χ1v) is 5.98. The maximum absolute atomic E-state index is 9.37. The number of aromatic nitrogens is 2. The maximum atomic E-state index is 9.37. The van der Waals surface area contributed by atoms with Crippen LogP contribution in [0.3, 0.4) is 0 Å². The molecular weight excluding hydrogens is 202 g/mol. The van der Waals surface area contributed by atoms with Crippen molar-refractivity contribution in [1.29, 1.82) is 0 Å². The molecule has 1 aromatic rings. The van der Waals surface area contributed by atoms with E-state index in [2.05, 4.69) is 24.3 Å². The van der Waals surface area contributed by atoms with Gasteiger partial charge in [-0.1, -0.05) is 6.92 Å². The van der Waals surface area contributed by atoms with Gasteiger partial charge in [-0.2, -0.15) is 5.10 Å². The molecule has 1 unspecified atom stereocenters. The van der Waals surface area contributed by atoms with Crippen molar-refractivity contribution in [3.05, 3.63) is 17.0 Å². The first kappa shape index (κ1) is 13.2. The van der Waals surface area contributed by atoms with Crippen molar-refractivity contribution < 1.29 is 5.11 Å². The predicted molar refractivity (Wildman–Crippen MR) is 65.4 cm³/mol. The topological polar surface area (TPSA) is 50.1 Å². The molecule has 92 valence electrons. The third kappa shape index (κ3) is 3.32. The lowest BCUT2D eigenvalue weighted by molar-refractivity contribution is 0.167. The summed E-state index contributed by atoms with van der Waals surface area (Å²) in [5, 5.41) is 17.2. The van der Waals surface area contributed by atoms with Crippen LogP contribution in [0.15, 0.2) is 0 Å². The summed E-state index contributed by atoms with van der Waals surface area (Å²) < 4.78 is 1.89. The lowest BCUT2D eigenvalue weighted by Gasteiger charge is -2.07. The second-order valence-corrected chi connectivity index (χ2v) is 4.36. The smallest absolute Gasteiger partial charge is 0.0708 e. The predicted octanol–water partition coefficient (Wildman–Crippen LogP) is 1.38. The van der Waals surface area contributed by atoms with Crippen molar-refractivity contribution in [2.24, 2.45) is 0 Å². The second kappa shape index (κ2) is 6.01. The highest BCUT2D eigenvalue weighted by molar-refractivity contribution is 5.24. The van der Waals surface area contributed by atoms with Crippen LogP contribution in [0.25, 0.3) is 0 Å². The van der Waals surface area contributed by atoms with Gasteiger partial charge in [-0.05, 0) is 33.7 Å². The molecule has 0 aliphatic heterocycles. The molecule has 0 spiro atoms. The molecule has 1 aromatic heterocycles. The average molecular weight is 225 g/mol. The van der Waals surface area contributed by atoms with Gasteiger partial charge in [0.25, 0.3) is 0 Å². The average Bonchev–Trinajstić information content (AvgIpc) is 2.45. The zero-order chi connectivity index (χ0) is 12.1. The Balaban J connectivity index is 2.72. The minimum atomic E-state index is -0.352. The fraction of sp³-hybridized carbons (Fsp3) is 0.750. The van der Waals surface area contributed by atoms with E-state index in [9.17, 15) is 5.11 Å². The Labute approximate surface area is 97.7 Å². The fourth-order valence-corrected chi connectivity index (χ4v) is 1.81. The van der Waals surface area contributed by atoms with Crippen LogP contribution in [-0.2, 0) is 13.1 Å². The largest absolute Gasteiger partial charge is 0.391 e. The van der Waals surface area contributed by atoms with E-state index in [0.717, 1.165) is 30.9 Å². The molecule has 1 rings (SSSR count). The lowest BCUT2D eigenvalue weighted by atomic mass is 10.2. The second-order valence-electron chi connectivity index (χ2n) is 4.36. The van der Waals surface area contributed by atoms with Crippen LogP contribution in [0.1, 0.15) is 37.2 Å². The number of nitrogens with zero attached hydrogens (tertiary/aromatic N) is 2. The standard InChI is InChI=1S/C12H23N3O/c1-5-6-13-7-12-10(3)14-15(11(12)4)8-9(2)16/h9,13,16H,5-8H2,1-4H3. The van der Waals surface area contributed by atoms with Gasteiger partial charge in [0, 0.05) is 17.8 Å². The van der Waals surface area contributed by atoms with Gasteiger partial charge in [0.15, 0.2) is 0 Å². The van der Waals surface area contributed by atoms with Gasteiger partial charge in [0.1, 0.15) is 0 Å². The molecule has 0 fully saturated rings. The Bertz CT molecular complexity index is 331. The van der Waals surface area contributed by atoms with Crippen molar-refractivity contribution in [1.82, 2.24) is 15.1 Å². The van der Waals surface area contributed by atoms with Gasteiger partial charge in [0.2, 0.25) is 0 Å². The molecule has 0 aromatic carbocycles. The Morgan fingerprint density at radius 1 is 1.44 bits per heavy atom. The minimum Gasteiger partial charge on any atom is -0.391 e. The van der Waals surface area contributed by atoms with Crippen LogP contribution in [0.4, 0.5) is 0 Å². The van der Waals surface area contributed by atoms with E-state index in [1.807, 2.05) is 11.6 Å². The summed E-state index contributed by atoms with van der Waals surface area (Å²) in [5.41, 5.74) is 3.47. The van der Waals surface area contributed by atoms with Crippen LogP contribution in [-0.4, -0.2) is 27.5 Å². The van der Waals surface area contributed by atoms with Gasteiger partial charge in [-0.25, -0.2) is 0 Å². The molecule has 0 amide bonds. The summed E-state index contributed by atoms with van der Waals surface area (Å²) in [6, 6.07) is 0. The molecule has 0 aliphatic rings. The van der Waals surface area contributed by atoms with E-state index in [4.69, 9.17) is 0 Å². The molecule has 0 saturated heterocycles. The van der Waals surface area contributed by atoms with E-state index >= 15 is 0 Å². The van der Waals surface area contributed by atoms with Crippen molar-refractivity contribution in [3.8, 4) is 0 Å². The SMILES string of the molecule is CCCNCc1c(C)nn(CC(C)O)c1C. The quantitative estimate of drug-likeness (QED) is 0.719. The van der Waals surface area contributed by atoms with Crippen molar-refractivity contribution in [2.75, 3.05) is 6.54 Å². The lowest BCUT2D eigenvalue weighted by Crippen LogP contribution is -2.16. The zero-order valence-electron chi connectivity index (χ0n) is 10.7. The first-order valence-electron chi connectivity index (χ1n) is 5.98. The van der Waals surface area contributed by atoms with E-state index in [-0.39, 0.29) is 6.10 Å². The normalized spacial score (nSPS) is 13.1. The van der Waals surface area contributed by atoms with Crippen LogP contribution in [0.5, 0.6) is 0 Å².